The van der Waals surface area contributed by atoms with Crippen LogP contribution in [0.2, 0.25) is 0 Å². The van der Waals surface area contributed by atoms with Crippen LogP contribution < -0.4 is 10.2 Å². The monoisotopic (exact) mass is 365 g/mol. The highest BCUT2D eigenvalue weighted by atomic mass is 19.1. The van der Waals surface area contributed by atoms with E-state index in [-0.39, 0.29) is 23.1 Å². The highest BCUT2D eigenvalue weighted by molar-refractivity contribution is 5.74. The third-order valence-corrected chi connectivity index (χ3v) is 4.52. The van der Waals surface area contributed by atoms with Crippen molar-refractivity contribution in [1.82, 2.24) is 9.97 Å². The zero-order valence-electron chi connectivity index (χ0n) is 14.3. The second-order valence-electron chi connectivity index (χ2n) is 6.22. The average molecular weight is 365 g/mol. The fourth-order valence-corrected chi connectivity index (χ4v) is 3.21. The van der Waals surface area contributed by atoms with Crippen molar-refractivity contribution in [3.63, 3.8) is 0 Å². The number of hydrogen-bond donors (Lipinski definition) is 1. The normalized spacial score (nSPS) is 13.1. The smallest absolute Gasteiger partial charge is 0.346 e. The van der Waals surface area contributed by atoms with Gasteiger partial charge >= 0.3 is 5.69 Å². The lowest BCUT2D eigenvalue weighted by molar-refractivity contribution is -0.383. The molecule has 0 saturated heterocycles. The number of anilines is 3. The van der Waals surface area contributed by atoms with Crippen LogP contribution in [-0.2, 0) is 13.0 Å². The van der Waals surface area contributed by atoms with E-state index in [2.05, 4.69) is 21.4 Å². The average Bonchev–Trinajstić information content (AvgIpc) is 2.69. The summed E-state index contributed by atoms with van der Waals surface area (Å²) in [6.07, 6.45) is 2.09. The van der Waals surface area contributed by atoms with Crippen LogP contribution in [0, 0.1) is 15.9 Å². The molecule has 1 aliphatic rings. The molecule has 0 atom stereocenters. The first-order valence-corrected chi connectivity index (χ1v) is 8.45. The lowest BCUT2D eigenvalue weighted by atomic mass is 10.00. The molecule has 1 N–H and O–H groups in total. The SMILES string of the molecule is O=[N+]([O-])c1c(Nc2ccc(F)cc2)ncnc1N1CCc2ccccc2C1. The lowest BCUT2D eigenvalue weighted by Crippen LogP contribution is -2.31. The Kier molecular flexibility index (Phi) is 4.37. The second kappa shape index (κ2) is 6.99. The Labute approximate surface area is 154 Å². The molecule has 0 aliphatic carbocycles. The summed E-state index contributed by atoms with van der Waals surface area (Å²) in [7, 11) is 0. The zero-order chi connectivity index (χ0) is 18.8. The van der Waals surface area contributed by atoms with Gasteiger partial charge in [-0.1, -0.05) is 24.3 Å². The number of benzene rings is 2. The minimum absolute atomic E-state index is 0.0791. The van der Waals surface area contributed by atoms with E-state index in [0.29, 0.717) is 18.8 Å². The van der Waals surface area contributed by atoms with Crippen molar-refractivity contribution >= 4 is 23.0 Å². The maximum Gasteiger partial charge on any atom is 0.353 e. The second-order valence-corrected chi connectivity index (χ2v) is 6.22. The fraction of sp³-hybridized carbons (Fsp3) is 0.158. The third kappa shape index (κ3) is 3.41. The minimum Gasteiger partial charge on any atom is -0.346 e. The van der Waals surface area contributed by atoms with Gasteiger partial charge in [-0.25, -0.2) is 14.4 Å². The molecule has 0 unspecified atom stereocenters. The summed E-state index contributed by atoms with van der Waals surface area (Å²) in [6, 6.07) is 13.6. The highest BCUT2D eigenvalue weighted by Gasteiger charge is 2.29. The Morgan fingerprint density at radius 2 is 1.81 bits per heavy atom. The summed E-state index contributed by atoms with van der Waals surface area (Å²) in [6.45, 7) is 1.18. The van der Waals surface area contributed by atoms with Crippen molar-refractivity contribution in [3.8, 4) is 0 Å². The number of hydrogen-bond acceptors (Lipinski definition) is 6. The predicted molar refractivity (Wildman–Crippen MR) is 99.6 cm³/mol. The zero-order valence-corrected chi connectivity index (χ0v) is 14.3. The summed E-state index contributed by atoms with van der Waals surface area (Å²) < 4.78 is 13.1. The number of rotatable bonds is 4. The van der Waals surface area contributed by atoms with Crippen molar-refractivity contribution < 1.29 is 9.31 Å². The van der Waals surface area contributed by atoms with Gasteiger partial charge in [0.25, 0.3) is 0 Å². The Hall–Kier alpha value is -3.55. The molecule has 1 aliphatic heterocycles. The number of halogens is 1. The fourth-order valence-electron chi connectivity index (χ4n) is 3.21. The van der Waals surface area contributed by atoms with Gasteiger partial charge in [-0.2, -0.15) is 0 Å². The van der Waals surface area contributed by atoms with Crippen LogP contribution in [0.1, 0.15) is 11.1 Å². The predicted octanol–water partition coefficient (Wildman–Crippen LogP) is 3.83. The molecule has 2 aromatic carbocycles. The van der Waals surface area contributed by atoms with E-state index in [4.69, 9.17) is 0 Å². The number of fused-ring (bicyclic) bond motifs is 1. The third-order valence-electron chi connectivity index (χ3n) is 4.52. The van der Waals surface area contributed by atoms with E-state index in [1.165, 1.54) is 36.2 Å². The molecule has 2 heterocycles. The van der Waals surface area contributed by atoms with Gasteiger partial charge in [0.05, 0.1) is 4.92 Å². The summed E-state index contributed by atoms with van der Waals surface area (Å²) in [5.74, 6) is -0.0324. The molecule has 0 spiro atoms. The molecule has 8 heteroatoms. The molecule has 0 bridgehead atoms. The van der Waals surface area contributed by atoms with E-state index >= 15 is 0 Å². The summed E-state index contributed by atoms with van der Waals surface area (Å²) in [4.78, 5) is 21.4. The molecule has 0 amide bonds. The van der Waals surface area contributed by atoms with Gasteiger partial charge in [-0.3, -0.25) is 10.1 Å². The highest BCUT2D eigenvalue weighted by Crippen LogP contribution is 2.35. The van der Waals surface area contributed by atoms with Crippen LogP contribution in [-0.4, -0.2) is 21.4 Å². The summed E-state index contributed by atoms with van der Waals surface area (Å²) >= 11 is 0. The lowest BCUT2D eigenvalue weighted by Gasteiger charge is -2.29. The largest absolute Gasteiger partial charge is 0.353 e. The van der Waals surface area contributed by atoms with Crippen LogP contribution in [0.4, 0.5) is 27.4 Å². The van der Waals surface area contributed by atoms with Gasteiger partial charge in [0.1, 0.15) is 12.1 Å². The van der Waals surface area contributed by atoms with Crippen molar-refractivity contribution in [2.45, 2.75) is 13.0 Å². The topological polar surface area (TPSA) is 84.2 Å². The Morgan fingerprint density at radius 3 is 2.56 bits per heavy atom. The minimum atomic E-state index is -0.484. The van der Waals surface area contributed by atoms with Crippen molar-refractivity contribution in [2.24, 2.45) is 0 Å². The van der Waals surface area contributed by atoms with Gasteiger partial charge in [-0.05, 0) is 41.8 Å². The molecule has 1 aromatic heterocycles. The molecule has 136 valence electrons. The Morgan fingerprint density at radius 1 is 1.07 bits per heavy atom. The molecule has 3 aromatic rings. The number of aromatic nitrogens is 2. The number of nitrogens with one attached hydrogen (secondary N) is 1. The molecule has 0 fully saturated rings. The van der Waals surface area contributed by atoms with Crippen LogP contribution in [0.25, 0.3) is 0 Å². The molecular formula is C19H16FN5O2. The van der Waals surface area contributed by atoms with Crippen molar-refractivity contribution in [1.29, 1.82) is 0 Å². The molecule has 4 rings (SSSR count). The first kappa shape index (κ1) is 16.9. The molecule has 0 saturated carbocycles. The number of nitro groups is 1. The van der Waals surface area contributed by atoms with Crippen molar-refractivity contribution in [2.75, 3.05) is 16.8 Å². The van der Waals surface area contributed by atoms with Gasteiger partial charge in [-0.15, -0.1) is 0 Å². The first-order chi connectivity index (χ1) is 13.1. The van der Waals surface area contributed by atoms with E-state index < -0.39 is 4.92 Å². The maximum absolute atomic E-state index is 13.1. The summed E-state index contributed by atoms with van der Waals surface area (Å²) in [5, 5.41) is 14.7. The van der Waals surface area contributed by atoms with E-state index in [1.807, 2.05) is 23.1 Å². The molecule has 7 nitrogen and oxygen atoms in total. The Bertz CT molecular complexity index is 994. The Balaban J connectivity index is 1.69. The van der Waals surface area contributed by atoms with Crippen LogP contribution in [0.15, 0.2) is 54.9 Å². The van der Waals surface area contributed by atoms with Crippen LogP contribution in [0.5, 0.6) is 0 Å². The molecule has 0 radical (unpaired) electrons. The van der Waals surface area contributed by atoms with E-state index in [1.54, 1.807) is 0 Å². The molecule has 27 heavy (non-hydrogen) atoms. The van der Waals surface area contributed by atoms with Gasteiger partial charge in [0.2, 0.25) is 11.6 Å². The van der Waals surface area contributed by atoms with E-state index in [9.17, 15) is 14.5 Å². The van der Waals surface area contributed by atoms with Gasteiger partial charge < -0.3 is 10.2 Å². The van der Waals surface area contributed by atoms with E-state index in [0.717, 1.165) is 12.0 Å². The van der Waals surface area contributed by atoms with Crippen LogP contribution >= 0.6 is 0 Å². The maximum atomic E-state index is 13.1. The standard InChI is InChI=1S/C19H16FN5O2/c20-15-5-7-16(8-6-15)23-18-17(25(26)27)19(22-12-21-18)24-10-9-13-3-1-2-4-14(13)11-24/h1-8,12H,9-11H2,(H,21,22,23). The number of nitrogens with zero attached hydrogens (tertiary/aromatic N) is 4. The van der Waals surface area contributed by atoms with Crippen molar-refractivity contribution in [3.05, 3.63) is 81.9 Å². The van der Waals surface area contributed by atoms with Crippen LogP contribution in [0.3, 0.4) is 0 Å². The molecular weight excluding hydrogens is 349 g/mol. The van der Waals surface area contributed by atoms with Gasteiger partial charge in [0.15, 0.2) is 0 Å². The summed E-state index contributed by atoms with van der Waals surface area (Å²) in [5.41, 5.74) is 2.69. The first-order valence-electron chi connectivity index (χ1n) is 8.45. The quantitative estimate of drug-likeness (QED) is 0.559. The van der Waals surface area contributed by atoms with Gasteiger partial charge in [0, 0.05) is 18.8 Å².